The molecule has 0 fully saturated rings. The second-order valence-electron chi connectivity index (χ2n) is 5.17. The maximum Gasteiger partial charge on any atom is 0.238 e. The predicted octanol–water partition coefficient (Wildman–Crippen LogP) is 3.71. The summed E-state index contributed by atoms with van der Waals surface area (Å²) in [7, 11) is 0. The zero-order chi connectivity index (χ0) is 13.3. The van der Waals surface area contributed by atoms with Gasteiger partial charge in [-0.25, -0.2) is 4.98 Å². The lowest BCUT2D eigenvalue weighted by Gasteiger charge is -2.11. The number of hydrogen-bond acceptors (Lipinski definition) is 2. The molecule has 3 heteroatoms. The van der Waals surface area contributed by atoms with Crippen molar-refractivity contribution in [1.29, 1.82) is 0 Å². The summed E-state index contributed by atoms with van der Waals surface area (Å²) < 4.78 is 8.14. The molecule has 0 saturated heterocycles. The van der Waals surface area contributed by atoms with E-state index in [0.29, 0.717) is 12.5 Å². The van der Waals surface area contributed by atoms with Gasteiger partial charge in [-0.1, -0.05) is 13.8 Å². The van der Waals surface area contributed by atoms with E-state index in [4.69, 9.17) is 4.74 Å². The van der Waals surface area contributed by atoms with E-state index in [1.807, 2.05) is 6.20 Å². The minimum Gasteiger partial charge on any atom is -0.476 e. The van der Waals surface area contributed by atoms with E-state index in [0.717, 1.165) is 17.9 Å². The minimum atomic E-state index is 0.509. The van der Waals surface area contributed by atoms with Crippen LogP contribution in [0.25, 0.3) is 10.9 Å². The fourth-order valence-electron chi connectivity index (χ4n) is 2.31. The molecule has 18 heavy (non-hydrogen) atoms. The van der Waals surface area contributed by atoms with Gasteiger partial charge in [0.05, 0.1) is 6.61 Å². The van der Waals surface area contributed by atoms with Crippen LogP contribution in [0.3, 0.4) is 0 Å². The van der Waals surface area contributed by atoms with E-state index in [9.17, 15) is 0 Å². The molecule has 0 atom stereocenters. The zero-order valence-electron chi connectivity index (χ0n) is 11.9. The number of hydrogen-bond donors (Lipinski definition) is 0. The van der Waals surface area contributed by atoms with Gasteiger partial charge >= 0.3 is 0 Å². The molecular formula is C15H22N2O. The average Bonchev–Trinajstić information content (AvgIpc) is 2.60. The third-order valence-electron chi connectivity index (χ3n) is 3.38. The van der Waals surface area contributed by atoms with Crippen molar-refractivity contribution in [1.82, 2.24) is 9.55 Å². The lowest BCUT2D eigenvalue weighted by Crippen LogP contribution is -2.07. The molecule has 0 saturated carbocycles. The summed E-state index contributed by atoms with van der Waals surface area (Å²) in [5.41, 5.74) is 3.76. The highest BCUT2D eigenvalue weighted by Gasteiger charge is 2.15. The van der Waals surface area contributed by atoms with E-state index in [-0.39, 0.29) is 0 Å². The highest BCUT2D eigenvalue weighted by Crippen LogP contribution is 2.30. The number of ether oxygens (including phenoxy) is 1. The first kappa shape index (κ1) is 12.9. The summed E-state index contributed by atoms with van der Waals surface area (Å²) >= 11 is 0. The van der Waals surface area contributed by atoms with Gasteiger partial charge in [0.1, 0.15) is 5.52 Å². The molecule has 0 aliphatic heterocycles. The maximum atomic E-state index is 5.86. The molecule has 2 aromatic rings. The Labute approximate surface area is 109 Å². The first-order valence-electron chi connectivity index (χ1n) is 6.63. The number of fused-ring (bicyclic) bond motifs is 1. The van der Waals surface area contributed by atoms with Crippen molar-refractivity contribution in [3.63, 3.8) is 0 Å². The van der Waals surface area contributed by atoms with Crippen molar-refractivity contribution in [3.8, 4) is 5.88 Å². The summed E-state index contributed by atoms with van der Waals surface area (Å²) in [4.78, 5) is 4.40. The molecule has 98 valence electrons. The SMILES string of the molecule is CCn1c(C)c(C)c2ccnc(OCC(C)C)c21. The number of rotatable bonds is 4. The first-order chi connectivity index (χ1) is 8.56. The Morgan fingerprint density at radius 3 is 2.67 bits per heavy atom. The fraction of sp³-hybridized carbons (Fsp3) is 0.533. The van der Waals surface area contributed by atoms with Crippen LogP contribution in [0.2, 0.25) is 0 Å². The Hall–Kier alpha value is -1.51. The monoisotopic (exact) mass is 246 g/mol. The van der Waals surface area contributed by atoms with Gasteiger partial charge in [-0.2, -0.15) is 0 Å². The first-order valence-corrected chi connectivity index (χ1v) is 6.63. The molecule has 0 aromatic carbocycles. The lowest BCUT2D eigenvalue weighted by atomic mass is 10.2. The molecule has 0 radical (unpaired) electrons. The van der Waals surface area contributed by atoms with E-state index >= 15 is 0 Å². The molecule has 0 unspecified atom stereocenters. The molecule has 2 aromatic heterocycles. The average molecular weight is 246 g/mol. The van der Waals surface area contributed by atoms with Gasteiger partial charge in [-0.05, 0) is 38.3 Å². The van der Waals surface area contributed by atoms with Crippen LogP contribution in [0, 0.1) is 19.8 Å². The Morgan fingerprint density at radius 1 is 1.33 bits per heavy atom. The Balaban J connectivity index is 2.57. The van der Waals surface area contributed by atoms with Gasteiger partial charge in [0.25, 0.3) is 0 Å². The number of nitrogens with zero attached hydrogens (tertiary/aromatic N) is 2. The molecule has 0 aliphatic carbocycles. The summed E-state index contributed by atoms with van der Waals surface area (Å²) in [6.07, 6.45) is 1.84. The van der Waals surface area contributed by atoms with Crippen molar-refractivity contribution >= 4 is 10.9 Å². The summed E-state index contributed by atoms with van der Waals surface area (Å²) in [6.45, 7) is 12.4. The standard InChI is InChI=1S/C15H22N2O/c1-6-17-12(5)11(4)13-7-8-16-15(14(13)17)18-9-10(2)3/h7-8,10H,6,9H2,1-5H3. The van der Waals surface area contributed by atoms with E-state index < -0.39 is 0 Å². The Kier molecular flexibility index (Phi) is 3.60. The van der Waals surface area contributed by atoms with E-state index in [1.165, 1.54) is 16.6 Å². The summed E-state index contributed by atoms with van der Waals surface area (Å²) in [5.74, 6) is 1.27. The van der Waals surface area contributed by atoms with Crippen molar-refractivity contribution in [2.24, 2.45) is 5.92 Å². The van der Waals surface area contributed by atoms with Crippen LogP contribution in [0.5, 0.6) is 5.88 Å². The predicted molar refractivity (Wildman–Crippen MR) is 75.2 cm³/mol. The largest absolute Gasteiger partial charge is 0.476 e. The molecule has 0 amide bonds. The fourth-order valence-corrected chi connectivity index (χ4v) is 2.31. The van der Waals surface area contributed by atoms with Crippen LogP contribution >= 0.6 is 0 Å². The lowest BCUT2D eigenvalue weighted by molar-refractivity contribution is 0.263. The van der Waals surface area contributed by atoms with Crippen LogP contribution < -0.4 is 4.74 Å². The molecular weight excluding hydrogens is 224 g/mol. The molecule has 0 N–H and O–H groups in total. The molecule has 3 nitrogen and oxygen atoms in total. The number of aromatic nitrogens is 2. The maximum absolute atomic E-state index is 5.86. The van der Waals surface area contributed by atoms with Gasteiger partial charge in [-0.3, -0.25) is 0 Å². The molecule has 0 aliphatic rings. The van der Waals surface area contributed by atoms with Crippen LogP contribution in [-0.2, 0) is 6.54 Å². The minimum absolute atomic E-state index is 0.509. The Morgan fingerprint density at radius 2 is 2.06 bits per heavy atom. The van der Waals surface area contributed by atoms with Crippen molar-refractivity contribution in [2.75, 3.05) is 6.61 Å². The van der Waals surface area contributed by atoms with Gasteiger partial charge in [0, 0.05) is 23.8 Å². The molecule has 2 heterocycles. The Bertz CT molecular complexity index is 555. The van der Waals surface area contributed by atoms with Crippen LogP contribution in [-0.4, -0.2) is 16.2 Å². The van der Waals surface area contributed by atoms with E-state index in [1.54, 1.807) is 0 Å². The normalized spacial score (nSPS) is 11.4. The second-order valence-corrected chi connectivity index (χ2v) is 5.17. The topological polar surface area (TPSA) is 27.1 Å². The van der Waals surface area contributed by atoms with Gasteiger partial charge < -0.3 is 9.30 Å². The van der Waals surface area contributed by atoms with Crippen molar-refractivity contribution in [2.45, 2.75) is 41.2 Å². The molecule has 2 rings (SSSR count). The van der Waals surface area contributed by atoms with Crippen LogP contribution in [0.15, 0.2) is 12.3 Å². The zero-order valence-corrected chi connectivity index (χ0v) is 11.9. The quantitative estimate of drug-likeness (QED) is 0.822. The van der Waals surface area contributed by atoms with Crippen molar-refractivity contribution < 1.29 is 4.74 Å². The van der Waals surface area contributed by atoms with Gasteiger partial charge in [-0.15, -0.1) is 0 Å². The number of aryl methyl sites for hydroxylation is 2. The van der Waals surface area contributed by atoms with Crippen LogP contribution in [0.4, 0.5) is 0 Å². The highest BCUT2D eigenvalue weighted by atomic mass is 16.5. The van der Waals surface area contributed by atoms with Crippen LogP contribution in [0.1, 0.15) is 32.0 Å². The molecule has 0 spiro atoms. The van der Waals surface area contributed by atoms with Gasteiger partial charge in [0.15, 0.2) is 0 Å². The van der Waals surface area contributed by atoms with Gasteiger partial charge in [0.2, 0.25) is 5.88 Å². The summed E-state index contributed by atoms with van der Waals surface area (Å²) in [5, 5.41) is 1.25. The molecule has 0 bridgehead atoms. The second kappa shape index (κ2) is 5.01. The summed E-state index contributed by atoms with van der Waals surface area (Å²) in [6, 6.07) is 2.08. The van der Waals surface area contributed by atoms with E-state index in [2.05, 4.69) is 50.2 Å². The van der Waals surface area contributed by atoms with Crippen molar-refractivity contribution in [3.05, 3.63) is 23.5 Å². The third-order valence-corrected chi connectivity index (χ3v) is 3.38. The highest BCUT2D eigenvalue weighted by molar-refractivity contribution is 5.88. The smallest absolute Gasteiger partial charge is 0.238 e. The number of pyridine rings is 1. The third kappa shape index (κ3) is 2.09.